The molecule has 0 bridgehead atoms. The molecular weight excluding hydrogens is 364 g/mol. The average Bonchev–Trinajstić information content (AvgIpc) is 3.35. The van der Waals surface area contributed by atoms with Crippen LogP contribution >= 0.6 is 11.8 Å². The van der Waals surface area contributed by atoms with Crippen molar-refractivity contribution in [3.8, 4) is 0 Å². The van der Waals surface area contributed by atoms with Crippen molar-refractivity contribution in [2.75, 3.05) is 11.1 Å². The molecule has 0 atom stereocenters. The van der Waals surface area contributed by atoms with Gasteiger partial charge in [-0.05, 0) is 49.9 Å². The molecule has 1 fully saturated rings. The molecule has 0 radical (unpaired) electrons. The summed E-state index contributed by atoms with van der Waals surface area (Å²) >= 11 is 1.13. The normalized spacial score (nSPS) is 13.3. The fourth-order valence-electron chi connectivity index (χ4n) is 2.69. The number of amides is 2. The van der Waals surface area contributed by atoms with Crippen molar-refractivity contribution >= 4 is 29.3 Å². The third-order valence-corrected chi connectivity index (χ3v) is 4.78. The van der Waals surface area contributed by atoms with Gasteiger partial charge in [0, 0.05) is 17.8 Å². The van der Waals surface area contributed by atoms with Crippen LogP contribution in [0, 0.1) is 13.8 Å². The number of aromatic amines is 1. The Bertz CT molecular complexity index is 901. The molecule has 0 aliphatic heterocycles. The van der Waals surface area contributed by atoms with Gasteiger partial charge in [0.05, 0.1) is 17.9 Å². The Morgan fingerprint density at radius 3 is 2.52 bits per heavy atom. The number of benzene rings is 1. The molecule has 1 saturated carbocycles. The maximum absolute atomic E-state index is 12.2. The molecule has 1 aliphatic rings. The molecule has 3 rings (SSSR count). The minimum atomic E-state index is -0.337. The van der Waals surface area contributed by atoms with Crippen molar-refractivity contribution in [2.24, 2.45) is 0 Å². The lowest BCUT2D eigenvalue weighted by atomic mass is 10.1. The minimum Gasteiger partial charge on any atom is -0.353 e. The summed E-state index contributed by atoms with van der Waals surface area (Å²) < 4.78 is 0. The Labute approximate surface area is 161 Å². The van der Waals surface area contributed by atoms with E-state index in [9.17, 15) is 14.4 Å². The lowest BCUT2D eigenvalue weighted by Gasteiger charge is -2.08. The van der Waals surface area contributed by atoms with E-state index in [-0.39, 0.29) is 35.6 Å². The number of nitrogens with one attached hydrogen (secondary N) is 3. The summed E-state index contributed by atoms with van der Waals surface area (Å²) in [5, 5.41) is 6.03. The molecule has 2 amide bonds. The van der Waals surface area contributed by atoms with E-state index in [0.717, 1.165) is 41.4 Å². The first-order valence-electron chi connectivity index (χ1n) is 8.78. The van der Waals surface area contributed by atoms with Crippen LogP contribution in [-0.4, -0.2) is 33.6 Å². The Morgan fingerprint density at radius 1 is 1.15 bits per heavy atom. The molecule has 1 heterocycles. The van der Waals surface area contributed by atoms with E-state index < -0.39 is 0 Å². The van der Waals surface area contributed by atoms with E-state index in [1.165, 1.54) is 6.07 Å². The van der Waals surface area contributed by atoms with Gasteiger partial charge in [-0.3, -0.25) is 14.4 Å². The monoisotopic (exact) mass is 386 g/mol. The van der Waals surface area contributed by atoms with Gasteiger partial charge in [0.25, 0.3) is 5.56 Å². The number of H-pyrrole nitrogens is 1. The highest BCUT2D eigenvalue weighted by atomic mass is 32.2. The van der Waals surface area contributed by atoms with Crippen LogP contribution in [0.4, 0.5) is 5.69 Å². The third-order valence-electron chi connectivity index (χ3n) is 3.90. The summed E-state index contributed by atoms with van der Waals surface area (Å²) in [5.41, 5.74) is 2.94. The lowest BCUT2D eigenvalue weighted by Crippen LogP contribution is -2.28. The lowest BCUT2D eigenvalue weighted by molar-refractivity contribution is -0.120. The van der Waals surface area contributed by atoms with E-state index in [4.69, 9.17) is 0 Å². The molecule has 1 aromatic carbocycles. The molecule has 142 valence electrons. The quantitative estimate of drug-likeness (QED) is 0.498. The topological polar surface area (TPSA) is 104 Å². The number of aromatic nitrogens is 2. The van der Waals surface area contributed by atoms with Gasteiger partial charge in [0.15, 0.2) is 5.16 Å². The largest absolute Gasteiger partial charge is 0.353 e. The van der Waals surface area contributed by atoms with Crippen molar-refractivity contribution in [1.29, 1.82) is 0 Å². The van der Waals surface area contributed by atoms with Crippen LogP contribution in [0.1, 0.15) is 29.7 Å². The number of hydrogen-bond donors (Lipinski definition) is 3. The zero-order valence-corrected chi connectivity index (χ0v) is 16.1. The van der Waals surface area contributed by atoms with Crippen LogP contribution in [0.2, 0.25) is 0 Å². The second-order valence-electron chi connectivity index (χ2n) is 6.77. The van der Waals surface area contributed by atoms with Crippen LogP contribution in [0.25, 0.3) is 0 Å². The number of aryl methyl sites for hydroxylation is 2. The zero-order valence-electron chi connectivity index (χ0n) is 15.3. The first kappa shape index (κ1) is 19.2. The predicted molar refractivity (Wildman–Crippen MR) is 105 cm³/mol. The Morgan fingerprint density at radius 2 is 1.85 bits per heavy atom. The van der Waals surface area contributed by atoms with Crippen molar-refractivity contribution in [2.45, 2.75) is 44.3 Å². The molecule has 0 saturated heterocycles. The van der Waals surface area contributed by atoms with E-state index in [2.05, 4.69) is 20.6 Å². The van der Waals surface area contributed by atoms with Gasteiger partial charge in [0.2, 0.25) is 11.8 Å². The number of thioether (sulfide) groups is 1. The molecular formula is C19H22N4O3S. The fraction of sp³-hybridized carbons (Fsp3) is 0.368. The molecule has 3 N–H and O–H groups in total. The standard InChI is InChI=1S/C19H22N4O3S/c1-11-5-12(2)7-14(6-11)21-18(26)10-27-19-22-15(9-17(25)23-19)8-16(24)20-13-3-4-13/h5-7,9,13H,3-4,8,10H2,1-2H3,(H,20,24)(H,21,26)(H,22,23,25). The number of carbonyl (C=O) groups is 2. The number of hydrogen-bond acceptors (Lipinski definition) is 5. The van der Waals surface area contributed by atoms with Gasteiger partial charge in [-0.25, -0.2) is 4.98 Å². The molecule has 1 aromatic heterocycles. The number of nitrogens with zero attached hydrogens (tertiary/aromatic N) is 1. The fourth-order valence-corrected chi connectivity index (χ4v) is 3.39. The summed E-state index contributed by atoms with van der Waals surface area (Å²) in [5.74, 6) is -0.225. The van der Waals surface area contributed by atoms with Gasteiger partial charge in [-0.1, -0.05) is 17.8 Å². The van der Waals surface area contributed by atoms with Crippen LogP contribution in [0.5, 0.6) is 0 Å². The highest BCUT2D eigenvalue weighted by Crippen LogP contribution is 2.19. The minimum absolute atomic E-state index is 0.0583. The van der Waals surface area contributed by atoms with Crippen LogP contribution < -0.4 is 16.2 Å². The highest BCUT2D eigenvalue weighted by molar-refractivity contribution is 7.99. The van der Waals surface area contributed by atoms with E-state index in [1.54, 1.807) is 0 Å². The summed E-state index contributed by atoms with van der Waals surface area (Å²) in [4.78, 5) is 42.7. The second-order valence-corrected chi connectivity index (χ2v) is 7.74. The smallest absolute Gasteiger partial charge is 0.251 e. The Balaban J connectivity index is 1.57. The van der Waals surface area contributed by atoms with Gasteiger partial charge >= 0.3 is 0 Å². The number of carbonyl (C=O) groups excluding carboxylic acids is 2. The maximum Gasteiger partial charge on any atom is 0.251 e. The molecule has 8 heteroatoms. The van der Waals surface area contributed by atoms with Crippen LogP contribution in [0.3, 0.4) is 0 Å². The Kier molecular flexibility index (Phi) is 5.95. The first-order valence-corrected chi connectivity index (χ1v) is 9.76. The predicted octanol–water partition coefficient (Wildman–Crippen LogP) is 1.94. The second kappa shape index (κ2) is 8.39. The van der Waals surface area contributed by atoms with Gasteiger partial charge < -0.3 is 15.6 Å². The zero-order chi connectivity index (χ0) is 19.4. The van der Waals surface area contributed by atoms with Crippen molar-refractivity contribution in [1.82, 2.24) is 15.3 Å². The van der Waals surface area contributed by atoms with Crippen LogP contribution in [-0.2, 0) is 16.0 Å². The van der Waals surface area contributed by atoms with E-state index >= 15 is 0 Å². The summed E-state index contributed by atoms with van der Waals surface area (Å²) in [6.45, 7) is 3.94. The van der Waals surface area contributed by atoms with Gasteiger partial charge in [-0.2, -0.15) is 0 Å². The van der Waals surface area contributed by atoms with E-state index in [0.29, 0.717) is 10.9 Å². The molecule has 0 unspecified atom stereocenters. The SMILES string of the molecule is Cc1cc(C)cc(NC(=O)CSc2nc(CC(=O)NC3CC3)cc(=O)[nH]2)c1. The first-order chi connectivity index (χ1) is 12.9. The molecule has 27 heavy (non-hydrogen) atoms. The van der Waals surface area contributed by atoms with Gasteiger partial charge in [0.1, 0.15) is 0 Å². The van der Waals surface area contributed by atoms with Gasteiger partial charge in [-0.15, -0.1) is 0 Å². The number of rotatable bonds is 7. The molecule has 1 aliphatic carbocycles. The maximum atomic E-state index is 12.2. The van der Waals surface area contributed by atoms with Crippen molar-refractivity contribution in [3.05, 3.63) is 51.4 Å². The molecule has 7 nitrogen and oxygen atoms in total. The average molecular weight is 386 g/mol. The Hall–Kier alpha value is -2.61. The highest BCUT2D eigenvalue weighted by Gasteiger charge is 2.23. The molecule has 2 aromatic rings. The van der Waals surface area contributed by atoms with Crippen molar-refractivity contribution < 1.29 is 9.59 Å². The van der Waals surface area contributed by atoms with E-state index in [1.807, 2.05) is 32.0 Å². The van der Waals surface area contributed by atoms with Crippen molar-refractivity contribution in [3.63, 3.8) is 0 Å². The van der Waals surface area contributed by atoms with Crippen LogP contribution in [0.15, 0.2) is 34.2 Å². The number of anilines is 1. The summed E-state index contributed by atoms with van der Waals surface area (Å²) in [6, 6.07) is 7.40. The third kappa shape index (κ3) is 6.25. The molecule has 0 spiro atoms. The summed E-state index contributed by atoms with van der Waals surface area (Å²) in [7, 11) is 0. The summed E-state index contributed by atoms with van der Waals surface area (Å²) in [6.07, 6.45) is 2.07.